The maximum absolute atomic E-state index is 12.0. The fraction of sp³-hybridized carbons (Fsp3) is 0.0526. The third-order valence-electron chi connectivity index (χ3n) is 4.11. The minimum atomic E-state index is -0.832. The van der Waals surface area contributed by atoms with E-state index in [1.165, 1.54) is 23.5 Å². The molecule has 0 bridgehead atoms. The predicted molar refractivity (Wildman–Crippen MR) is 97.1 cm³/mol. The van der Waals surface area contributed by atoms with E-state index in [9.17, 15) is 9.59 Å². The van der Waals surface area contributed by atoms with Gasteiger partial charge in [-0.25, -0.2) is 9.97 Å². The van der Waals surface area contributed by atoms with Crippen LogP contribution in [0.25, 0.3) is 11.1 Å². The van der Waals surface area contributed by atoms with E-state index in [0.29, 0.717) is 5.69 Å². The molecule has 0 fully saturated rings. The Hall–Kier alpha value is -3.74. The highest BCUT2D eigenvalue weighted by Gasteiger charge is 2.19. The van der Waals surface area contributed by atoms with Gasteiger partial charge in [-0.2, -0.15) is 0 Å². The van der Waals surface area contributed by atoms with Gasteiger partial charge in [-0.15, -0.1) is 0 Å². The van der Waals surface area contributed by atoms with Crippen molar-refractivity contribution >= 4 is 23.5 Å². The summed E-state index contributed by atoms with van der Waals surface area (Å²) in [6.45, 7) is 0. The Morgan fingerprint density at radius 2 is 1.62 bits per heavy atom. The lowest BCUT2D eigenvalue weighted by molar-refractivity contribution is -0.135. The maximum atomic E-state index is 12.0. The molecule has 3 N–H and O–H groups in total. The molecular formula is C19H15N5O2. The van der Waals surface area contributed by atoms with E-state index in [1.807, 2.05) is 24.3 Å². The highest BCUT2D eigenvalue weighted by molar-refractivity contribution is 6.39. The standard InChI is InChI=1S/C19H15N5O2/c25-17(18(26)23-24-19-20-8-3-9-21-19)22-14-6-7-16-13(11-14)10-12-4-1-2-5-15(12)16/h1-9,11H,10H2,(H,22,25)(H,23,26)(H,20,21,24). The number of hydrogen-bond acceptors (Lipinski definition) is 5. The number of carbonyl (C=O) groups is 2. The van der Waals surface area contributed by atoms with Gasteiger partial charge in [-0.3, -0.25) is 20.4 Å². The van der Waals surface area contributed by atoms with Crippen LogP contribution in [0.2, 0.25) is 0 Å². The van der Waals surface area contributed by atoms with Gasteiger partial charge in [-0.05, 0) is 46.9 Å². The van der Waals surface area contributed by atoms with Crippen LogP contribution < -0.4 is 16.2 Å². The summed E-state index contributed by atoms with van der Waals surface area (Å²) < 4.78 is 0. The third-order valence-corrected chi connectivity index (χ3v) is 4.11. The van der Waals surface area contributed by atoms with Crippen LogP contribution in [-0.4, -0.2) is 21.8 Å². The molecule has 1 aromatic heterocycles. The lowest BCUT2D eigenvalue weighted by Crippen LogP contribution is -2.39. The quantitative estimate of drug-likeness (QED) is 0.390. The van der Waals surface area contributed by atoms with E-state index in [2.05, 4.69) is 38.3 Å². The summed E-state index contributed by atoms with van der Waals surface area (Å²) in [5.41, 5.74) is 10.1. The molecule has 26 heavy (non-hydrogen) atoms. The first-order valence-corrected chi connectivity index (χ1v) is 8.06. The van der Waals surface area contributed by atoms with Crippen LogP contribution in [0.4, 0.5) is 11.6 Å². The van der Waals surface area contributed by atoms with Gasteiger partial charge < -0.3 is 5.32 Å². The van der Waals surface area contributed by atoms with Crippen molar-refractivity contribution in [1.29, 1.82) is 0 Å². The van der Waals surface area contributed by atoms with Crippen LogP contribution >= 0.6 is 0 Å². The zero-order valence-electron chi connectivity index (χ0n) is 13.7. The van der Waals surface area contributed by atoms with E-state index in [4.69, 9.17) is 0 Å². The van der Waals surface area contributed by atoms with E-state index < -0.39 is 11.8 Å². The van der Waals surface area contributed by atoms with E-state index >= 15 is 0 Å². The lowest BCUT2D eigenvalue weighted by Gasteiger charge is -2.09. The first-order valence-electron chi connectivity index (χ1n) is 8.06. The molecule has 2 amide bonds. The Kier molecular flexibility index (Phi) is 4.03. The van der Waals surface area contributed by atoms with Crippen molar-refractivity contribution in [3.63, 3.8) is 0 Å². The average molecular weight is 345 g/mol. The first-order chi connectivity index (χ1) is 12.7. The number of hydrogen-bond donors (Lipinski definition) is 3. The molecule has 0 aliphatic heterocycles. The van der Waals surface area contributed by atoms with Crippen LogP contribution in [0.15, 0.2) is 60.9 Å². The molecule has 0 radical (unpaired) electrons. The zero-order valence-corrected chi connectivity index (χ0v) is 13.7. The van der Waals surface area contributed by atoms with Gasteiger partial charge in [-0.1, -0.05) is 30.3 Å². The van der Waals surface area contributed by atoms with Gasteiger partial charge in [0.2, 0.25) is 5.95 Å². The van der Waals surface area contributed by atoms with E-state index in [0.717, 1.165) is 17.5 Å². The summed E-state index contributed by atoms with van der Waals surface area (Å²) in [4.78, 5) is 31.7. The lowest BCUT2D eigenvalue weighted by atomic mass is 10.1. The second kappa shape index (κ2) is 6.64. The number of nitrogens with one attached hydrogen (secondary N) is 3. The number of amides is 2. The Labute approximate surface area is 149 Å². The number of benzene rings is 2. The van der Waals surface area contributed by atoms with E-state index in [-0.39, 0.29) is 5.95 Å². The fourth-order valence-corrected chi connectivity index (χ4v) is 2.94. The van der Waals surface area contributed by atoms with Gasteiger partial charge in [0.1, 0.15) is 0 Å². The smallest absolute Gasteiger partial charge is 0.318 e. The summed E-state index contributed by atoms with van der Waals surface area (Å²) in [6, 6.07) is 15.5. The Morgan fingerprint density at radius 1 is 0.846 bits per heavy atom. The molecule has 0 saturated heterocycles. The van der Waals surface area contributed by atoms with Gasteiger partial charge >= 0.3 is 11.8 Å². The van der Waals surface area contributed by atoms with Crippen molar-refractivity contribution in [2.45, 2.75) is 6.42 Å². The molecule has 1 heterocycles. The number of hydrazine groups is 1. The van der Waals surface area contributed by atoms with Gasteiger partial charge in [0.15, 0.2) is 0 Å². The van der Waals surface area contributed by atoms with Crippen molar-refractivity contribution in [2.24, 2.45) is 0 Å². The number of nitrogens with zero attached hydrogens (tertiary/aromatic N) is 2. The Bertz CT molecular complexity index is 988. The number of fused-ring (bicyclic) bond motifs is 3. The van der Waals surface area contributed by atoms with E-state index in [1.54, 1.807) is 12.1 Å². The predicted octanol–water partition coefficient (Wildman–Crippen LogP) is 2.13. The minimum absolute atomic E-state index is 0.198. The van der Waals surface area contributed by atoms with Crippen molar-refractivity contribution in [1.82, 2.24) is 15.4 Å². The van der Waals surface area contributed by atoms with Gasteiger partial charge in [0.05, 0.1) is 0 Å². The van der Waals surface area contributed by atoms with Crippen LogP contribution in [0.1, 0.15) is 11.1 Å². The van der Waals surface area contributed by atoms with Crippen LogP contribution in [0, 0.1) is 0 Å². The first kappa shape index (κ1) is 15.8. The molecule has 2 aromatic carbocycles. The normalized spacial score (nSPS) is 11.2. The molecule has 3 aromatic rings. The molecule has 0 unspecified atom stereocenters. The van der Waals surface area contributed by atoms with Gasteiger partial charge in [0, 0.05) is 18.1 Å². The summed E-state index contributed by atoms with van der Waals surface area (Å²) in [5, 5.41) is 2.60. The molecule has 0 spiro atoms. The number of carbonyl (C=O) groups excluding carboxylic acids is 2. The molecular weight excluding hydrogens is 330 g/mol. The van der Waals surface area contributed by atoms with Crippen LogP contribution in [-0.2, 0) is 16.0 Å². The SMILES string of the molecule is O=C(NNc1ncccn1)C(=O)Nc1ccc2c(c1)Cc1ccccc1-2. The fourth-order valence-electron chi connectivity index (χ4n) is 2.94. The number of rotatable bonds is 3. The highest BCUT2D eigenvalue weighted by atomic mass is 16.2. The summed E-state index contributed by atoms with van der Waals surface area (Å²) in [6.07, 6.45) is 3.85. The average Bonchev–Trinajstić information content (AvgIpc) is 3.04. The Balaban J connectivity index is 1.41. The molecule has 7 heteroatoms. The maximum Gasteiger partial charge on any atom is 0.328 e. The molecule has 128 valence electrons. The largest absolute Gasteiger partial charge is 0.328 e. The zero-order chi connectivity index (χ0) is 17.9. The second-order valence-electron chi connectivity index (χ2n) is 5.81. The van der Waals surface area contributed by atoms with Gasteiger partial charge in [0.25, 0.3) is 0 Å². The van der Waals surface area contributed by atoms with Crippen molar-refractivity contribution in [2.75, 3.05) is 10.7 Å². The molecule has 1 aliphatic rings. The van der Waals surface area contributed by atoms with Crippen LogP contribution in [0.3, 0.4) is 0 Å². The minimum Gasteiger partial charge on any atom is -0.318 e. The summed E-state index contributed by atoms with van der Waals surface area (Å²) in [7, 11) is 0. The summed E-state index contributed by atoms with van der Waals surface area (Å²) >= 11 is 0. The number of anilines is 2. The molecule has 4 rings (SSSR count). The highest BCUT2D eigenvalue weighted by Crippen LogP contribution is 2.37. The molecule has 7 nitrogen and oxygen atoms in total. The number of aromatic nitrogens is 2. The third kappa shape index (κ3) is 3.10. The molecule has 0 saturated carbocycles. The monoisotopic (exact) mass is 345 g/mol. The summed E-state index contributed by atoms with van der Waals surface area (Å²) in [5.74, 6) is -1.41. The van der Waals surface area contributed by atoms with Crippen molar-refractivity contribution in [3.8, 4) is 11.1 Å². The van der Waals surface area contributed by atoms with Crippen molar-refractivity contribution < 1.29 is 9.59 Å². The second-order valence-corrected chi connectivity index (χ2v) is 5.81. The molecule has 1 aliphatic carbocycles. The van der Waals surface area contributed by atoms with Crippen LogP contribution in [0.5, 0.6) is 0 Å². The Morgan fingerprint density at radius 3 is 2.46 bits per heavy atom. The topological polar surface area (TPSA) is 96.0 Å². The van der Waals surface area contributed by atoms with Crippen molar-refractivity contribution in [3.05, 3.63) is 72.1 Å². The molecule has 0 atom stereocenters.